The van der Waals surface area contributed by atoms with Crippen LogP contribution in [0.3, 0.4) is 0 Å². The van der Waals surface area contributed by atoms with E-state index in [4.69, 9.17) is 4.52 Å². The summed E-state index contributed by atoms with van der Waals surface area (Å²) in [5.74, 6) is 0.438. The molecule has 0 unspecified atom stereocenters. The van der Waals surface area contributed by atoms with Gasteiger partial charge in [-0.3, -0.25) is 5.21 Å². The summed E-state index contributed by atoms with van der Waals surface area (Å²) in [6.45, 7) is 0. The number of rotatable bonds is 3. The zero-order chi connectivity index (χ0) is 16.4. The van der Waals surface area contributed by atoms with Gasteiger partial charge in [0.2, 0.25) is 12.4 Å². The van der Waals surface area contributed by atoms with E-state index < -0.39 is 11.7 Å². The molecule has 3 rings (SSSR count). The molecule has 0 atom stereocenters. The molecule has 7 heteroatoms. The third kappa shape index (κ3) is 3.50. The first-order valence-corrected chi connectivity index (χ1v) is 6.74. The average molecular weight is 321 g/mol. The number of hydrogen-bond donors (Lipinski definition) is 1. The zero-order valence-corrected chi connectivity index (χ0v) is 11.8. The standard InChI is InChI=1S/C16H12F3N2O2/c17-16(18,19)13-5-1-3-11(7-13)8-14-9-15(20-23-14)12-4-2-6-21(22)10-12/h1-7,9-10,22H,8H2/q+1. The van der Waals surface area contributed by atoms with Crippen LogP contribution in [0.5, 0.6) is 0 Å². The molecule has 1 aromatic carbocycles. The van der Waals surface area contributed by atoms with Crippen molar-refractivity contribution in [3.05, 3.63) is 71.7 Å². The highest BCUT2D eigenvalue weighted by molar-refractivity contribution is 5.56. The van der Waals surface area contributed by atoms with E-state index in [2.05, 4.69) is 5.16 Å². The highest BCUT2D eigenvalue weighted by Gasteiger charge is 2.30. The maximum absolute atomic E-state index is 12.7. The summed E-state index contributed by atoms with van der Waals surface area (Å²) in [5, 5.41) is 13.2. The van der Waals surface area contributed by atoms with Crippen molar-refractivity contribution in [2.75, 3.05) is 0 Å². The molecule has 2 aromatic heterocycles. The Morgan fingerprint density at radius 1 is 1.13 bits per heavy atom. The molecule has 118 valence electrons. The van der Waals surface area contributed by atoms with Crippen LogP contribution < -0.4 is 4.73 Å². The highest BCUT2D eigenvalue weighted by Crippen LogP contribution is 2.30. The molecular weight excluding hydrogens is 309 g/mol. The van der Waals surface area contributed by atoms with Gasteiger partial charge in [0.05, 0.1) is 11.1 Å². The van der Waals surface area contributed by atoms with Crippen molar-refractivity contribution in [1.82, 2.24) is 5.16 Å². The summed E-state index contributed by atoms with van der Waals surface area (Å²) in [6.07, 6.45) is -1.27. The van der Waals surface area contributed by atoms with Gasteiger partial charge in [-0.05, 0) is 17.7 Å². The SMILES string of the molecule is O[n+]1cccc(-c2cc(Cc3cccc(C(F)(F)F)c3)on2)c1. The summed E-state index contributed by atoms with van der Waals surface area (Å²) >= 11 is 0. The Balaban J connectivity index is 1.82. The zero-order valence-electron chi connectivity index (χ0n) is 11.8. The second kappa shape index (κ2) is 5.75. The Morgan fingerprint density at radius 3 is 2.70 bits per heavy atom. The monoisotopic (exact) mass is 321 g/mol. The van der Waals surface area contributed by atoms with Gasteiger partial charge in [0.25, 0.3) is 0 Å². The second-order valence-corrected chi connectivity index (χ2v) is 5.03. The lowest BCUT2D eigenvalue weighted by atomic mass is 10.1. The molecule has 0 saturated carbocycles. The van der Waals surface area contributed by atoms with Crippen molar-refractivity contribution in [3.63, 3.8) is 0 Å². The van der Waals surface area contributed by atoms with E-state index in [0.717, 1.165) is 16.9 Å². The molecule has 0 bridgehead atoms. The first-order valence-electron chi connectivity index (χ1n) is 6.74. The van der Waals surface area contributed by atoms with Crippen molar-refractivity contribution in [1.29, 1.82) is 0 Å². The highest BCUT2D eigenvalue weighted by atomic mass is 19.4. The van der Waals surface area contributed by atoms with E-state index in [1.807, 2.05) is 0 Å². The Morgan fingerprint density at radius 2 is 1.96 bits per heavy atom. The van der Waals surface area contributed by atoms with Crippen LogP contribution in [0.25, 0.3) is 11.3 Å². The minimum atomic E-state index is -4.37. The molecule has 1 N–H and O–H groups in total. The predicted octanol–water partition coefficient (Wildman–Crippen LogP) is 3.48. The number of hydrogen-bond acceptors (Lipinski definition) is 3. The third-order valence-electron chi connectivity index (χ3n) is 3.27. The van der Waals surface area contributed by atoms with Crippen molar-refractivity contribution < 1.29 is 27.6 Å². The van der Waals surface area contributed by atoms with Crippen LogP contribution in [-0.4, -0.2) is 10.4 Å². The fourth-order valence-corrected chi connectivity index (χ4v) is 2.21. The molecule has 0 aliphatic rings. The van der Waals surface area contributed by atoms with Gasteiger partial charge in [0.1, 0.15) is 11.5 Å². The molecule has 0 radical (unpaired) electrons. The normalized spacial score (nSPS) is 11.6. The molecule has 3 aromatic rings. The Bertz CT molecular complexity index is 828. The minimum absolute atomic E-state index is 0.197. The Kier molecular flexibility index (Phi) is 3.77. The Hall–Kier alpha value is -2.83. The van der Waals surface area contributed by atoms with Crippen molar-refractivity contribution >= 4 is 0 Å². The van der Waals surface area contributed by atoms with Gasteiger partial charge >= 0.3 is 6.18 Å². The fourth-order valence-electron chi connectivity index (χ4n) is 2.21. The minimum Gasteiger partial charge on any atom is -0.360 e. The van der Waals surface area contributed by atoms with Crippen LogP contribution >= 0.6 is 0 Å². The molecule has 0 spiro atoms. The van der Waals surface area contributed by atoms with Gasteiger partial charge in [0, 0.05) is 23.3 Å². The van der Waals surface area contributed by atoms with Crippen LogP contribution in [0.4, 0.5) is 13.2 Å². The van der Waals surface area contributed by atoms with Gasteiger partial charge in [-0.25, -0.2) is 0 Å². The maximum atomic E-state index is 12.7. The van der Waals surface area contributed by atoms with E-state index in [1.54, 1.807) is 24.3 Å². The number of benzene rings is 1. The second-order valence-electron chi connectivity index (χ2n) is 5.03. The van der Waals surface area contributed by atoms with Gasteiger partial charge in [-0.2, -0.15) is 13.2 Å². The Labute approximate surface area is 129 Å². The molecule has 0 fully saturated rings. The molecular formula is C16H12F3N2O2+. The summed E-state index contributed by atoms with van der Waals surface area (Å²) < 4.78 is 44.2. The molecule has 0 aliphatic heterocycles. The number of nitrogens with zero attached hydrogens (tertiary/aromatic N) is 2. The smallest absolute Gasteiger partial charge is 0.360 e. The van der Waals surface area contributed by atoms with E-state index in [1.165, 1.54) is 18.5 Å². The predicted molar refractivity (Wildman–Crippen MR) is 73.6 cm³/mol. The lowest BCUT2D eigenvalue weighted by Crippen LogP contribution is -2.28. The van der Waals surface area contributed by atoms with Crippen LogP contribution in [0.15, 0.2) is 59.4 Å². The summed E-state index contributed by atoms with van der Waals surface area (Å²) in [7, 11) is 0. The van der Waals surface area contributed by atoms with E-state index in [0.29, 0.717) is 22.6 Å². The van der Waals surface area contributed by atoms with Crippen molar-refractivity contribution in [3.8, 4) is 11.3 Å². The molecule has 0 aliphatic carbocycles. The average Bonchev–Trinajstić information content (AvgIpc) is 2.95. The third-order valence-corrected chi connectivity index (χ3v) is 3.27. The summed E-state index contributed by atoms with van der Waals surface area (Å²) in [5.41, 5.74) is 0.913. The van der Waals surface area contributed by atoms with Crippen LogP contribution in [-0.2, 0) is 12.6 Å². The molecule has 4 nitrogen and oxygen atoms in total. The number of pyridine rings is 1. The van der Waals surface area contributed by atoms with Crippen molar-refractivity contribution in [2.24, 2.45) is 0 Å². The number of halogens is 3. The molecule has 23 heavy (non-hydrogen) atoms. The molecule has 0 amide bonds. The van der Waals surface area contributed by atoms with E-state index in [9.17, 15) is 18.4 Å². The quantitative estimate of drug-likeness (QED) is 0.593. The van der Waals surface area contributed by atoms with E-state index >= 15 is 0 Å². The van der Waals surface area contributed by atoms with Crippen molar-refractivity contribution in [2.45, 2.75) is 12.6 Å². The largest absolute Gasteiger partial charge is 0.416 e. The first kappa shape index (κ1) is 15.1. The fraction of sp³-hybridized carbons (Fsp3) is 0.125. The van der Waals surface area contributed by atoms with Gasteiger partial charge in [0.15, 0.2) is 0 Å². The summed E-state index contributed by atoms with van der Waals surface area (Å²) in [4.78, 5) is 0. The number of aromatic nitrogens is 2. The summed E-state index contributed by atoms with van der Waals surface area (Å²) in [6, 6.07) is 10.1. The van der Waals surface area contributed by atoms with Crippen LogP contribution in [0.2, 0.25) is 0 Å². The number of alkyl halides is 3. The lowest BCUT2D eigenvalue weighted by Gasteiger charge is -2.07. The van der Waals surface area contributed by atoms with Crippen LogP contribution in [0.1, 0.15) is 16.9 Å². The topological polar surface area (TPSA) is 50.1 Å². The van der Waals surface area contributed by atoms with Gasteiger partial charge in [-0.15, -0.1) is 0 Å². The molecule has 2 heterocycles. The lowest BCUT2D eigenvalue weighted by molar-refractivity contribution is -0.904. The van der Waals surface area contributed by atoms with Crippen LogP contribution in [0, 0.1) is 0 Å². The van der Waals surface area contributed by atoms with E-state index in [-0.39, 0.29) is 6.42 Å². The van der Waals surface area contributed by atoms with Gasteiger partial charge < -0.3 is 4.52 Å². The molecule has 0 saturated heterocycles. The first-order chi connectivity index (χ1) is 10.9. The maximum Gasteiger partial charge on any atom is 0.416 e. The van der Waals surface area contributed by atoms with Gasteiger partial charge in [-0.1, -0.05) is 23.4 Å².